The normalized spacial score (nSPS) is 19.1. The number of morpholine rings is 1. The lowest BCUT2D eigenvalue weighted by Crippen LogP contribution is -2.44. The van der Waals surface area contributed by atoms with E-state index in [1.54, 1.807) is 24.2 Å². The van der Waals surface area contributed by atoms with Crippen molar-refractivity contribution in [3.8, 4) is 11.8 Å². The van der Waals surface area contributed by atoms with Crippen LogP contribution >= 0.6 is 11.6 Å². The van der Waals surface area contributed by atoms with Gasteiger partial charge in [0.05, 0.1) is 26.3 Å². The molecule has 1 aliphatic heterocycles. The van der Waals surface area contributed by atoms with E-state index in [4.69, 9.17) is 16.3 Å². The number of aryl methyl sites for hydroxylation is 1. The molecule has 1 saturated carbocycles. The Hall–Kier alpha value is -2.97. The number of benzene rings is 1. The lowest BCUT2D eigenvalue weighted by molar-refractivity contribution is -0.909. The number of rotatable bonds is 10. The SMILES string of the molecule is CCN(c1cc(C#CCN2CCOCC2)cc(C(=O)NCc2c(Cl)cc(C)c[n+]2O)c1C)C1CCC(N(C)CC(F)F)CC1. The van der Waals surface area contributed by atoms with Gasteiger partial charge in [-0.1, -0.05) is 23.4 Å². The first-order chi connectivity index (χ1) is 21.1. The van der Waals surface area contributed by atoms with Gasteiger partial charge in [-0.2, -0.15) is 0 Å². The number of halogens is 3. The average molecular weight is 633 g/mol. The van der Waals surface area contributed by atoms with E-state index in [1.807, 2.05) is 19.9 Å². The smallest absolute Gasteiger partial charge is 0.271 e. The molecular weight excluding hydrogens is 588 g/mol. The van der Waals surface area contributed by atoms with Gasteiger partial charge < -0.3 is 15.0 Å². The molecule has 2 aliphatic rings. The third kappa shape index (κ3) is 8.81. The zero-order valence-electron chi connectivity index (χ0n) is 26.2. The van der Waals surface area contributed by atoms with E-state index in [2.05, 4.69) is 39.9 Å². The van der Waals surface area contributed by atoms with E-state index in [9.17, 15) is 18.8 Å². The Bertz CT molecular complexity index is 1330. The molecule has 240 valence electrons. The zero-order valence-corrected chi connectivity index (χ0v) is 27.0. The number of anilines is 1. The topological polar surface area (TPSA) is 72.2 Å². The average Bonchev–Trinajstić information content (AvgIpc) is 2.98. The lowest BCUT2D eigenvalue weighted by atomic mass is 9.88. The molecule has 0 unspecified atom stereocenters. The van der Waals surface area contributed by atoms with Crippen LogP contribution in [0.3, 0.4) is 0 Å². The Balaban J connectivity index is 1.59. The Labute approximate surface area is 264 Å². The van der Waals surface area contributed by atoms with Gasteiger partial charge in [0.2, 0.25) is 6.20 Å². The van der Waals surface area contributed by atoms with Gasteiger partial charge in [-0.15, -0.1) is 0 Å². The summed E-state index contributed by atoms with van der Waals surface area (Å²) in [5.41, 5.74) is 4.23. The molecule has 0 spiro atoms. The Morgan fingerprint density at radius 1 is 1.18 bits per heavy atom. The molecule has 11 heteroatoms. The maximum Gasteiger partial charge on any atom is 0.271 e. The van der Waals surface area contributed by atoms with E-state index in [0.29, 0.717) is 36.0 Å². The molecule has 1 aromatic carbocycles. The van der Waals surface area contributed by atoms with Gasteiger partial charge in [-0.05, 0) is 77.3 Å². The van der Waals surface area contributed by atoms with Gasteiger partial charge >= 0.3 is 0 Å². The molecule has 0 radical (unpaired) electrons. The Kier molecular flexibility index (Phi) is 12.2. The van der Waals surface area contributed by atoms with Crippen LogP contribution in [0.1, 0.15) is 65.3 Å². The third-order valence-electron chi connectivity index (χ3n) is 8.72. The highest BCUT2D eigenvalue weighted by molar-refractivity contribution is 6.31. The van der Waals surface area contributed by atoms with Crippen LogP contribution in [0.4, 0.5) is 14.5 Å². The van der Waals surface area contributed by atoms with Crippen molar-refractivity contribution in [2.24, 2.45) is 0 Å². The number of hydrogen-bond donors (Lipinski definition) is 2. The number of nitrogens with one attached hydrogen (secondary N) is 1. The molecular formula is C33H45ClF2N5O3+. The monoisotopic (exact) mass is 632 g/mol. The number of amides is 1. The molecule has 2 fully saturated rings. The summed E-state index contributed by atoms with van der Waals surface area (Å²) in [7, 11) is 1.78. The first kappa shape index (κ1) is 33.9. The largest absolute Gasteiger partial charge is 0.379 e. The highest BCUT2D eigenvalue weighted by Crippen LogP contribution is 2.33. The first-order valence-electron chi connectivity index (χ1n) is 15.4. The molecule has 44 heavy (non-hydrogen) atoms. The van der Waals surface area contributed by atoms with Crippen molar-refractivity contribution >= 4 is 23.2 Å². The van der Waals surface area contributed by atoms with E-state index in [-0.39, 0.29) is 31.1 Å². The summed E-state index contributed by atoms with van der Waals surface area (Å²) in [4.78, 5) is 20.0. The lowest BCUT2D eigenvalue weighted by Gasteiger charge is -2.41. The summed E-state index contributed by atoms with van der Waals surface area (Å²) < 4.78 is 32.4. The first-order valence-corrected chi connectivity index (χ1v) is 15.8. The number of aromatic nitrogens is 1. The van der Waals surface area contributed by atoms with E-state index in [1.165, 1.54) is 0 Å². The molecule has 1 aliphatic carbocycles. The third-order valence-corrected chi connectivity index (χ3v) is 9.05. The van der Waals surface area contributed by atoms with Crippen LogP contribution in [0.15, 0.2) is 24.4 Å². The molecule has 2 heterocycles. The molecule has 1 saturated heterocycles. The van der Waals surface area contributed by atoms with Gasteiger partial charge in [-0.3, -0.25) is 19.8 Å². The summed E-state index contributed by atoms with van der Waals surface area (Å²) in [6, 6.07) is 6.00. The number of carbonyl (C=O) groups is 1. The number of hydrogen-bond acceptors (Lipinski definition) is 6. The highest BCUT2D eigenvalue weighted by Gasteiger charge is 2.30. The molecule has 0 bridgehead atoms. The van der Waals surface area contributed by atoms with Crippen molar-refractivity contribution in [2.45, 2.75) is 71.5 Å². The fourth-order valence-electron chi connectivity index (χ4n) is 6.25. The molecule has 2 aromatic rings. The minimum atomic E-state index is -2.34. The maximum atomic E-state index is 13.6. The summed E-state index contributed by atoms with van der Waals surface area (Å²) in [6.45, 7) is 10.1. The van der Waals surface area contributed by atoms with Crippen LogP contribution in [0.25, 0.3) is 0 Å². The van der Waals surface area contributed by atoms with Crippen LogP contribution in [0.5, 0.6) is 0 Å². The van der Waals surface area contributed by atoms with Crippen molar-refractivity contribution < 1.29 is 28.2 Å². The number of nitrogens with zero attached hydrogens (tertiary/aromatic N) is 4. The molecule has 1 aromatic heterocycles. The van der Waals surface area contributed by atoms with Gasteiger partial charge in [0.15, 0.2) is 0 Å². The minimum absolute atomic E-state index is 0.0454. The number of pyridine rings is 1. The second-order valence-corrected chi connectivity index (χ2v) is 12.2. The van der Waals surface area contributed by atoms with Crippen molar-refractivity contribution in [3.63, 3.8) is 0 Å². The molecule has 4 rings (SSSR count). The van der Waals surface area contributed by atoms with E-state index >= 15 is 0 Å². The van der Waals surface area contributed by atoms with Crippen molar-refractivity contribution in [1.29, 1.82) is 0 Å². The van der Waals surface area contributed by atoms with Gasteiger partial charge in [0.1, 0.15) is 11.6 Å². The summed E-state index contributed by atoms with van der Waals surface area (Å²) in [6.07, 6.45) is 2.64. The second kappa shape index (κ2) is 15.8. The van der Waals surface area contributed by atoms with Gasteiger partial charge in [-0.25, -0.2) is 8.78 Å². The fraction of sp³-hybridized carbons (Fsp3) is 0.576. The van der Waals surface area contributed by atoms with Crippen LogP contribution < -0.4 is 14.9 Å². The zero-order chi connectivity index (χ0) is 31.8. The van der Waals surface area contributed by atoms with Crippen molar-refractivity contribution in [1.82, 2.24) is 15.1 Å². The molecule has 0 atom stereocenters. The standard InChI is InChI=1S/C33H44ClF2N5O3/c1-5-40(27-10-8-26(9-11-27)38(4)22-32(35)36)30-19-25(7-6-12-39-13-15-44-16-14-39)18-28(24(30)3)33(42)37-20-31-29(34)17-23(2)21-41(31)43/h17-19,21,26-27,32H,5,8-16,20,22H2,1-4H3,(H-,37,42,43)/p+1. The van der Waals surface area contributed by atoms with Crippen LogP contribution in [-0.4, -0.2) is 92.4 Å². The predicted octanol–water partition coefficient (Wildman–Crippen LogP) is 4.43. The van der Waals surface area contributed by atoms with Gasteiger partial charge in [0.25, 0.3) is 18.0 Å². The summed E-state index contributed by atoms with van der Waals surface area (Å²) >= 11 is 6.36. The molecule has 2 N–H and O–H groups in total. The number of alkyl halides is 2. The number of carbonyl (C=O) groups excluding carboxylic acids is 1. The maximum absolute atomic E-state index is 13.6. The van der Waals surface area contributed by atoms with Crippen LogP contribution in [0, 0.1) is 25.7 Å². The van der Waals surface area contributed by atoms with Crippen molar-refractivity contribution in [3.05, 3.63) is 57.4 Å². The highest BCUT2D eigenvalue weighted by atomic mass is 35.5. The molecule has 8 nitrogen and oxygen atoms in total. The number of ether oxygens (including phenoxy) is 1. The second-order valence-electron chi connectivity index (χ2n) is 11.8. The predicted molar refractivity (Wildman–Crippen MR) is 168 cm³/mol. The Morgan fingerprint density at radius 3 is 2.50 bits per heavy atom. The fourth-order valence-corrected chi connectivity index (χ4v) is 6.57. The van der Waals surface area contributed by atoms with E-state index in [0.717, 1.165) is 72.4 Å². The quantitative estimate of drug-likeness (QED) is 0.230. The van der Waals surface area contributed by atoms with Crippen LogP contribution in [0.2, 0.25) is 5.02 Å². The summed E-state index contributed by atoms with van der Waals surface area (Å²) in [5, 5.41) is 13.6. The Morgan fingerprint density at radius 2 is 1.86 bits per heavy atom. The molecule has 1 amide bonds. The minimum Gasteiger partial charge on any atom is -0.379 e. The van der Waals surface area contributed by atoms with Gasteiger partial charge in [0, 0.05) is 58.8 Å². The van der Waals surface area contributed by atoms with Crippen molar-refractivity contribution in [2.75, 3.05) is 57.9 Å². The summed E-state index contributed by atoms with van der Waals surface area (Å²) in [5.74, 6) is 6.29. The van der Waals surface area contributed by atoms with Crippen LogP contribution in [-0.2, 0) is 11.3 Å². The van der Waals surface area contributed by atoms with E-state index < -0.39 is 6.43 Å².